The summed E-state index contributed by atoms with van der Waals surface area (Å²) in [5.74, 6) is -7.23. The van der Waals surface area contributed by atoms with Crippen LogP contribution in [0.15, 0.2) is 102 Å². The number of amides is 2. The molecule has 3 aromatic rings. The number of ether oxygens (including phenoxy) is 6. The molecule has 68 heavy (non-hydrogen) atoms. The van der Waals surface area contributed by atoms with E-state index in [2.05, 4.69) is 10.6 Å². The van der Waals surface area contributed by atoms with Gasteiger partial charge in [0, 0.05) is 30.7 Å². The summed E-state index contributed by atoms with van der Waals surface area (Å²) in [7, 11) is 1.10. The highest BCUT2D eigenvalue weighted by Gasteiger charge is 2.78. The Hall–Kier alpha value is -6.47. The van der Waals surface area contributed by atoms with E-state index in [0.717, 1.165) is 14.0 Å². The van der Waals surface area contributed by atoms with Crippen molar-refractivity contribution in [3.05, 3.63) is 119 Å². The van der Waals surface area contributed by atoms with Gasteiger partial charge in [0.15, 0.2) is 23.6 Å². The van der Waals surface area contributed by atoms with Crippen molar-refractivity contribution in [3.8, 4) is 0 Å². The predicted octanol–water partition coefficient (Wildman–Crippen LogP) is 3.46. The maximum atomic E-state index is 15.8. The number of ketones is 1. The van der Waals surface area contributed by atoms with Crippen LogP contribution in [0.1, 0.15) is 86.7 Å². The highest BCUT2D eigenvalue weighted by atomic mass is 16.6. The summed E-state index contributed by atoms with van der Waals surface area (Å²) in [5.41, 5.74) is -7.85. The Morgan fingerprint density at radius 1 is 0.824 bits per heavy atom. The number of alkyl carbamates (subject to hydrolysis) is 1. The van der Waals surface area contributed by atoms with E-state index in [0.29, 0.717) is 5.56 Å². The Morgan fingerprint density at radius 2 is 1.41 bits per heavy atom. The van der Waals surface area contributed by atoms with Gasteiger partial charge in [0.1, 0.15) is 30.0 Å². The Balaban J connectivity index is 1.41. The average Bonchev–Trinajstić information content (AvgIpc) is 3.31. The minimum atomic E-state index is -2.50. The predicted molar refractivity (Wildman–Crippen MR) is 237 cm³/mol. The van der Waals surface area contributed by atoms with E-state index >= 15 is 4.79 Å². The molecule has 3 aliphatic carbocycles. The molecule has 5 N–H and O–H groups in total. The minimum Gasteiger partial charge on any atom is -0.467 e. The van der Waals surface area contributed by atoms with Gasteiger partial charge in [0.25, 0.3) is 5.91 Å². The maximum Gasteiger partial charge on any atom is 0.408 e. The number of hydrogen-bond donors (Lipinski definition) is 5. The number of esters is 4. The van der Waals surface area contributed by atoms with E-state index in [9.17, 15) is 44.1 Å². The summed E-state index contributed by atoms with van der Waals surface area (Å²) in [4.78, 5) is 97.7. The molecule has 3 unspecified atom stereocenters. The zero-order valence-corrected chi connectivity index (χ0v) is 38.6. The Bertz CT molecular complexity index is 2480. The Kier molecular flexibility index (Phi) is 13.7. The largest absolute Gasteiger partial charge is 0.467 e. The molecule has 1 heterocycles. The number of rotatable bonds is 12. The number of Topliss-reactive ketones (excluding diaryl/α,β-unsaturated/α-hetero) is 1. The number of nitrogens with one attached hydrogen (secondary N) is 2. The van der Waals surface area contributed by atoms with Crippen LogP contribution in [-0.2, 0) is 47.6 Å². The standard InChI is InChI=1S/C50H56N2O16/c1-26-32(65-45(60)37(55)36(29-17-11-8-12-18-29)52-42(57)30-19-13-9-14-20-30)24-50(62)41(67-44(59)31-21-15-10-16-22-31)39-48(6,33(54)23-34-49(39,25-64-34)68-28(3)53)40(56)38(35(26)47(50,4)5)66-46(61)51-27(2)43(58)63-7/h8-22,27,32-34,36-39,41,54-55,62H,23-25H2,1-7H3,(H,51,61)(H,52,57)/t27?,32-,33-,34+,36?,37+,38+,39?,41-,48+,49-,50+/m0/s1. The Morgan fingerprint density at radius 3 is 1.97 bits per heavy atom. The van der Waals surface area contributed by atoms with Gasteiger partial charge in [-0.25, -0.2) is 19.2 Å². The smallest absolute Gasteiger partial charge is 0.408 e. The van der Waals surface area contributed by atoms with Gasteiger partial charge in [-0.05, 0) is 61.7 Å². The fourth-order valence-corrected chi connectivity index (χ4v) is 10.6. The van der Waals surface area contributed by atoms with E-state index in [1.807, 2.05) is 0 Å². The molecular weight excluding hydrogens is 885 g/mol. The van der Waals surface area contributed by atoms with Gasteiger partial charge in [-0.1, -0.05) is 80.6 Å². The first-order valence-electron chi connectivity index (χ1n) is 22.2. The van der Waals surface area contributed by atoms with Crippen LogP contribution in [0.4, 0.5) is 4.79 Å². The first-order chi connectivity index (χ1) is 32.1. The first kappa shape index (κ1) is 49.4. The van der Waals surface area contributed by atoms with Crippen LogP contribution < -0.4 is 10.6 Å². The number of fused-ring (bicyclic) bond motifs is 5. The molecule has 12 atom stereocenters. The molecule has 18 heteroatoms. The summed E-state index contributed by atoms with van der Waals surface area (Å²) < 4.78 is 35.3. The van der Waals surface area contributed by atoms with Gasteiger partial charge in [0.2, 0.25) is 0 Å². The monoisotopic (exact) mass is 940 g/mol. The number of benzene rings is 3. The fourth-order valence-electron chi connectivity index (χ4n) is 10.6. The summed E-state index contributed by atoms with van der Waals surface area (Å²) >= 11 is 0. The van der Waals surface area contributed by atoms with Crippen molar-refractivity contribution in [1.29, 1.82) is 0 Å². The van der Waals surface area contributed by atoms with Crippen LogP contribution in [0.5, 0.6) is 0 Å². The number of carbonyl (C=O) groups is 7. The summed E-state index contributed by atoms with van der Waals surface area (Å²) in [6.45, 7) is 7.86. The van der Waals surface area contributed by atoms with Crippen LogP contribution in [0.3, 0.4) is 0 Å². The number of aliphatic hydroxyl groups excluding tert-OH is 2. The lowest BCUT2D eigenvalue weighted by Crippen LogP contribution is -2.82. The molecule has 7 rings (SSSR count). The number of carbonyl (C=O) groups excluding carboxylic acids is 7. The molecule has 0 spiro atoms. The van der Waals surface area contributed by atoms with Crippen molar-refractivity contribution >= 4 is 41.7 Å². The summed E-state index contributed by atoms with van der Waals surface area (Å²) in [6, 6.07) is 21.3. The lowest BCUT2D eigenvalue weighted by atomic mass is 9.44. The van der Waals surface area contributed by atoms with Crippen molar-refractivity contribution in [2.45, 2.75) is 114 Å². The molecule has 362 valence electrons. The molecular formula is C50H56N2O16. The van der Waals surface area contributed by atoms with Crippen LogP contribution >= 0.6 is 0 Å². The molecule has 0 radical (unpaired) electrons. The quantitative estimate of drug-likeness (QED) is 0.0990. The SMILES string of the molecule is COC(=O)C(C)NC(=O)O[C@H]1C(=O)[C@@]2(C)C([C@H](OC(=O)c3ccccc3)[C@]3(O)C[C@H](OC(=O)[C@H](O)C(NC(=O)c4ccccc4)c4ccccc4)C(C)=C1C3(C)C)[C@]1(OC(C)=O)CO[C@@H]1C[C@@H]2O. The highest BCUT2D eigenvalue weighted by molar-refractivity contribution is 5.96. The summed E-state index contributed by atoms with van der Waals surface area (Å²) in [6.07, 6.45) is -12.6. The zero-order valence-electron chi connectivity index (χ0n) is 38.6. The summed E-state index contributed by atoms with van der Waals surface area (Å²) in [5, 5.41) is 43.0. The van der Waals surface area contributed by atoms with E-state index in [-0.39, 0.29) is 35.3 Å². The van der Waals surface area contributed by atoms with Gasteiger partial charge >= 0.3 is 30.0 Å². The number of aliphatic hydroxyl groups is 3. The molecule has 1 aliphatic heterocycles. The highest BCUT2D eigenvalue weighted by Crippen LogP contribution is 2.64. The fraction of sp³-hybridized carbons (Fsp3) is 0.460. The third kappa shape index (κ3) is 8.54. The second-order valence-corrected chi connectivity index (χ2v) is 18.5. The van der Waals surface area contributed by atoms with Crippen LogP contribution in [-0.4, -0.2) is 125 Å². The molecule has 4 aliphatic rings. The van der Waals surface area contributed by atoms with Crippen LogP contribution in [0.2, 0.25) is 0 Å². The third-order valence-corrected chi connectivity index (χ3v) is 14.3. The molecule has 3 aromatic carbocycles. The van der Waals surface area contributed by atoms with Gasteiger partial charge in [-0.2, -0.15) is 0 Å². The Labute approximate surface area is 392 Å². The number of methoxy groups -OCH3 is 1. The second-order valence-electron chi connectivity index (χ2n) is 18.5. The lowest BCUT2D eigenvalue weighted by molar-refractivity contribution is -0.345. The van der Waals surface area contributed by atoms with Crippen molar-refractivity contribution in [3.63, 3.8) is 0 Å². The molecule has 1 saturated heterocycles. The molecule has 0 aromatic heterocycles. The van der Waals surface area contributed by atoms with Gasteiger partial charge < -0.3 is 54.4 Å². The van der Waals surface area contributed by atoms with Gasteiger partial charge in [-0.3, -0.25) is 14.4 Å². The molecule has 2 bridgehead atoms. The van der Waals surface area contributed by atoms with Crippen molar-refractivity contribution in [1.82, 2.24) is 10.6 Å². The van der Waals surface area contributed by atoms with E-state index in [4.69, 9.17) is 28.4 Å². The molecule has 2 amide bonds. The van der Waals surface area contributed by atoms with Crippen molar-refractivity contribution in [2.75, 3.05) is 13.7 Å². The molecule has 3 fully saturated rings. The third-order valence-electron chi connectivity index (χ3n) is 14.3. The zero-order chi connectivity index (χ0) is 49.5. The average molecular weight is 941 g/mol. The van der Waals surface area contributed by atoms with Gasteiger partial charge in [0.05, 0.1) is 42.8 Å². The van der Waals surface area contributed by atoms with Gasteiger partial charge in [-0.15, -0.1) is 0 Å². The minimum absolute atomic E-state index is 0.0271. The van der Waals surface area contributed by atoms with Crippen LogP contribution in [0.25, 0.3) is 0 Å². The van der Waals surface area contributed by atoms with Crippen molar-refractivity contribution in [2.24, 2.45) is 16.7 Å². The molecule has 2 saturated carbocycles. The lowest BCUT2D eigenvalue weighted by Gasteiger charge is -2.67. The maximum absolute atomic E-state index is 15.8. The van der Waals surface area contributed by atoms with Crippen LogP contribution in [0, 0.1) is 16.7 Å². The number of hydrogen-bond acceptors (Lipinski definition) is 16. The topological polar surface area (TPSA) is 260 Å². The van der Waals surface area contributed by atoms with Crippen molar-refractivity contribution < 1.29 is 77.3 Å². The van der Waals surface area contributed by atoms with E-state index in [1.54, 1.807) is 78.9 Å². The first-order valence-corrected chi connectivity index (χ1v) is 22.2. The molecule has 18 nitrogen and oxygen atoms in total. The normalized spacial score (nSPS) is 30.4. The second kappa shape index (κ2) is 18.9. The van der Waals surface area contributed by atoms with E-state index in [1.165, 1.54) is 46.8 Å². The van der Waals surface area contributed by atoms with E-state index < -0.39 is 125 Å².